The fraction of sp³-hybridized carbons (Fsp3) is 0.400. The lowest BCUT2D eigenvalue weighted by Crippen LogP contribution is -2.12. The van der Waals surface area contributed by atoms with E-state index in [-0.39, 0.29) is 0 Å². The molecule has 1 nitrogen and oxygen atoms in total. The van der Waals surface area contributed by atoms with Gasteiger partial charge in [0.25, 0.3) is 0 Å². The predicted octanol–water partition coefficient (Wildman–Crippen LogP) is 3.87. The Morgan fingerprint density at radius 1 is 1.31 bits per heavy atom. The van der Waals surface area contributed by atoms with E-state index in [0.717, 1.165) is 6.42 Å². The quantitative estimate of drug-likeness (QED) is 0.726. The molecule has 0 fully saturated rings. The SMILES string of the molecule is CCc1cccnc1C1=CC=CC(C)C1C. The van der Waals surface area contributed by atoms with E-state index in [2.05, 4.69) is 50.0 Å². The third kappa shape index (κ3) is 1.95. The van der Waals surface area contributed by atoms with Crippen LogP contribution in [0, 0.1) is 11.8 Å². The molecular weight excluding hydrogens is 194 g/mol. The van der Waals surface area contributed by atoms with E-state index in [0.29, 0.717) is 11.8 Å². The van der Waals surface area contributed by atoms with Gasteiger partial charge in [-0.2, -0.15) is 0 Å². The van der Waals surface area contributed by atoms with E-state index in [4.69, 9.17) is 0 Å². The number of pyridine rings is 1. The highest BCUT2D eigenvalue weighted by Gasteiger charge is 2.20. The minimum Gasteiger partial charge on any atom is -0.256 e. The van der Waals surface area contributed by atoms with Crippen molar-refractivity contribution in [2.24, 2.45) is 11.8 Å². The summed E-state index contributed by atoms with van der Waals surface area (Å²) in [6, 6.07) is 4.20. The lowest BCUT2D eigenvalue weighted by Gasteiger charge is -2.24. The lowest BCUT2D eigenvalue weighted by molar-refractivity contribution is 0.566. The molecule has 84 valence electrons. The Bertz CT molecular complexity index is 429. The van der Waals surface area contributed by atoms with E-state index in [1.807, 2.05) is 12.3 Å². The Hall–Kier alpha value is -1.37. The Kier molecular flexibility index (Phi) is 3.23. The van der Waals surface area contributed by atoms with Gasteiger partial charge in [-0.1, -0.05) is 45.1 Å². The Balaban J connectivity index is 2.44. The van der Waals surface area contributed by atoms with Crippen LogP contribution < -0.4 is 0 Å². The second kappa shape index (κ2) is 4.65. The number of hydrogen-bond acceptors (Lipinski definition) is 1. The zero-order valence-electron chi connectivity index (χ0n) is 10.3. The van der Waals surface area contributed by atoms with Crippen molar-refractivity contribution in [1.29, 1.82) is 0 Å². The maximum atomic E-state index is 4.56. The standard InChI is InChI=1S/C15H19N/c1-4-13-8-6-10-16-15(13)14-9-5-7-11(2)12(14)3/h5-12H,4H2,1-3H3. The van der Waals surface area contributed by atoms with Gasteiger partial charge in [0.1, 0.15) is 0 Å². The zero-order valence-corrected chi connectivity index (χ0v) is 10.3. The molecule has 0 bridgehead atoms. The molecule has 1 heteroatoms. The van der Waals surface area contributed by atoms with Gasteiger partial charge in [-0.05, 0) is 35.5 Å². The monoisotopic (exact) mass is 213 g/mol. The molecule has 0 saturated carbocycles. The summed E-state index contributed by atoms with van der Waals surface area (Å²) in [5.41, 5.74) is 3.92. The molecule has 0 spiro atoms. The third-order valence-electron chi connectivity index (χ3n) is 3.52. The number of hydrogen-bond donors (Lipinski definition) is 0. The second-order valence-electron chi connectivity index (χ2n) is 4.52. The van der Waals surface area contributed by atoms with Crippen LogP contribution in [0.4, 0.5) is 0 Å². The highest BCUT2D eigenvalue weighted by atomic mass is 14.7. The first-order valence-electron chi connectivity index (χ1n) is 6.06. The highest BCUT2D eigenvalue weighted by Crippen LogP contribution is 2.33. The molecule has 1 heterocycles. The normalized spacial score (nSPS) is 24.3. The first kappa shape index (κ1) is 11.1. The smallest absolute Gasteiger partial charge is 0.0696 e. The van der Waals surface area contributed by atoms with Gasteiger partial charge in [0.15, 0.2) is 0 Å². The number of aromatic nitrogens is 1. The molecule has 0 aliphatic heterocycles. The number of rotatable bonds is 2. The van der Waals surface area contributed by atoms with Gasteiger partial charge in [-0.25, -0.2) is 0 Å². The first-order valence-corrected chi connectivity index (χ1v) is 6.06. The van der Waals surface area contributed by atoms with Gasteiger partial charge in [0, 0.05) is 6.20 Å². The van der Waals surface area contributed by atoms with Crippen LogP contribution in [-0.4, -0.2) is 4.98 Å². The van der Waals surface area contributed by atoms with Gasteiger partial charge >= 0.3 is 0 Å². The summed E-state index contributed by atoms with van der Waals surface area (Å²) < 4.78 is 0. The van der Waals surface area contributed by atoms with E-state index in [1.54, 1.807) is 0 Å². The van der Waals surface area contributed by atoms with Crippen LogP contribution >= 0.6 is 0 Å². The molecule has 0 radical (unpaired) electrons. The minimum absolute atomic E-state index is 0.560. The summed E-state index contributed by atoms with van der Waals surface area (Å²) in [5.74, 6) is 1.16. The van der Waals surface area contributed by atoms with Crippen molar-refractivity contribution in [2.45, 2.75) is 27.2 Å². The van der Waals surface area contributed by atoms with Crippen LogP contribution in [0.25, 0.3) is 5.57 Å². The molecule has 1 aromatic heterocycles. The fourth-order valence-electron chi connectivity index (χ4n) is 2.21. The molecule has 2 unspecified atom stereocenters. The maximum Gasteiger partial charge on any atom is 0.0696 e. The number of nitrogens with zero attached hydrogens (tertiary/aromatic N) is 1. The summed E-state index contributed by atoms with van der Waals surface area (Å²) in [7, 11) is 0. The van der Waals surface area contributed by atoms with Crippen molar-refractivity contribution in [1.82, 2.24) is 4.98 Å². The van der Waals surface area contributed by atoms with Crippen LogP contribution in [-0.2, 0) is 6.42 Å². The lowest BCUT2D eigenvalue weighted by atomic mass is 9.82. The predicted molar refractivity (Wildman–Crippen MR) is 69.1 cm³/mol. The average molecular weight is 213 g/mol. The fourth-order valence-corrected chi connectivity index (χ4v) is 2.21. The van der Waals surface area contributed by atoms with Crippen molar-refractivity contribution >= 4 is 5.57 Å². The van der Waals surface area contributed by atoms with E-state index < -0.39 is 0 Å². The Morgan fingerprint density at radius 3 is 2.88 bits per heavy atom. The minimum atomic E-state index is 0.560. The molecule has 2 rings (SSSR count). The maximum absolute atomic E-state index is 4.56. The van der Waals surface area contributed by atoms with Gasteiger partial charge in [-0.15, -0.1) is 0 Å². The molecule has 1 aliphatic rings. The van der Waals surface area contributed by atoms with Crippen molar-refractivity contribution in [3.8, 4) is 0 Å². The highest BCUT2D eigenvalue weighted by molar-refractivity contribution is 5.69. The molecule has 2 atom stereocenters. The zero-order chi connectivity index (χ0) is 11.5. The van der Waals surface area contributed by atoms with Gasteiger partial charge in [-0.3, -0.25) is 4.98 Å². The second-order valence-corrected chi connectivity index (χ2v) is 4.52. The van der Waals surface area contributed by atoms with Gasteiger partial charge < -0.3 is 0 Å². The van der Waals surface area contributed by atoms with E-state index >= 15 is 0 Å². The number of aryl methyl sites for hydroxylation is 1. The Labute approximate surface area is 97.9 Å². The molecule has 1 aromatic rings. The average Bonchev–Trinajstić information content (AvgIpc) is 2.33. The van der Waals surface area contributed by atoms with E-state index in [1.165, 1.54) is 16.8 Å². The van der Waals surface area contributed by atoms with Crippen molar-refractivity contribution < 1.29 is 0 Å². The summed E-state index contributed by atoms with van der Waals surface area (Å²) >= 11 is 0. The summed E-state index contributed by atoms with van der Waals surface area (Å²) in [6.07, 6.45) is 9.58. The van der Waals surface area contributed by atoms with Gasteiger partial charge in [0.2, 0.25) is 0 Å². The molecule has 0 saturated heterocycles. The molecule has 0 amide bonds. The Morgan fingerprint density at radius 2 is 2.12 bits per heavy atom. The first-order chi connectivity index (χ1) is 7.74. The van der Waals surface area contributed by atoms with Crippen LogP contribution in [0.15, 0.2) is 36.6 Å². The number of allylic oxidation sites excluding steroid dienone is 4. The molecule has 0 N–H and O–H groups in total. The van der Waals surface area contributed by atoms with Crippen LogP contribution in [0.2, 0.25) is 0 Å². The molecular formula is C15H19N. The van der Waals surface area contributed by atoms with Crippen molar-refractivity contribution in [3.63, 3.8) is 0 Å². The van der Waals surface area contributed by atoms with Gasteiger partial charge in [0.05, 0.1) is 5.69 Å². The van der Waals surface area contributed by atoms with E-state index in [9.17, 15) is 0 Å². The van der Waals surface area contributed by atoms with Crippen LogP contribution in [0.5, 0.6) is 0 Å². The molecule has 0 aromatic carbocycles. The van der Waals surface area contributed by atoms with Crippen LogP contribution in [0.3, 0.4) is 0 Å². The molecule has 16 heavy (non-hydrogen) atoms. The third-order valence-corrected chi connectivity index (χ3v) is 3.52. The summed E-state index contributed by atoms with van der Waals surface area (Å²) in [4.78, 5) is 4.56. The summed E-state index contributed by atoms with van der Waals surface area (Å²) in [6.45, 7) is 6.74. The largest absolute Gasteiger partial charge is 0.256 e. The topological polar surface area (TPSA) is 12.9 Å². The summed E-state index contributed by atoms with van der Waals surface area (Å²) in [5, 5.41) is 0. The van der Waals surface area contributed by atoms with Crippen molar-refractivity contribution in [2.75, 3.05) is 0 Å². The van der Waals surface area contributed by atoms with Crippen molar-refractivity contribution in [3.05, 3.63) is 47.8 Å². The van der Waals surface area contributed by atoms with Crippen LogP contribution in [0.1, 0.15) is 32.0 Å². The molecule has 1 aliphatic carbocycles.